The molecule has 0 saturated carbocycles. The van der Waals surface area contributed by atoms with Crippen molar-refractivity contribution in [2.45, 2.75) is 27.7 Å². The first-order chi connectivity index (χ1) is 6.47. The predicted octanol–water partition coefficient (Wildman–Crippen LogP) is 4.22. The van der Waals surface area contributed by atoms with Crippen LogP contribution in [0.1, 0.15) is 27.7 Å². The fraction of sp³-hybridized carbons (Fsp3) is 0.333. The number of fused-ring (bicyclic) bond motifs is 1. The van der Waals surface area contributed by atoms with E-state index >= 15 is 0 Å². The van der Waals surface area contributed by atoms with E-state index in [1.165, 1.54) is 10.8 Å². The van der Waals surface area contributed by atoms with Gasteiger partial charge in [-0.25, -0.2) is 0 Å². The van der Waals surface area contributed by atoms with Crippen LogP contribution in [0.3, 0.4) is 0 Å². The molecule has 1 aromatic heterocycles. The normalized spacial score (nSPS) is 8.00. The Morgan fingerprint density at radius 3 is 1.54 bits per heavy atom. The van der Waals surface area contributed by atoms with Crippen molar-refractivity contribution in [1.29, 1.82) is 0 Å². The highest BCUT2D eigenvalue weighted by Gasteiger charge is 1.86. The van der Waals surface area contributed by atoms with E-state index in [-0.39, 0.29) is 0 Å². The summed E-state index contributed by atoms with van der Waals surface area (Å²) < 4.78 is 0. The lowest BCUT2D eigenvalue weighted by Gasteiger charge is -1.81. The number of aromatic amines is 1. The molecule has 0 atom stereocenters. The van der Waals surface area contributed by atoms with E-state index in [1.54, 1.807) is 0 Å². The number of nitrogens with one attached hydrogen (secondary N) is 1. The van der Waals surface area contributed by atoms with Gasteiger partial charge in [-0.05, 0) is 10.8 Å². The minimum Gasteiger partial charge on any atom is -0.366 e. The van der Waals surface area contributed by atoms with Gasteiger partial charge in [-0.3, -0.25) is 0 Å². The molecule has 0 aliphatic heterocycles. The molecule has 0 aliphatic rings. The number of H-pyrrole nitrogens is 1. The molecular weight excluding hydrogens is 158 g/mol. The van der Waals surface area contributed by atoms with Crippen LogP contribution in [0.2, 0.25) is 0 Å². The van der Waals surface area contributed by atoms with Crippen molar-refractivity contribution in [2.75, 3.05) is 0 Å². The first-order valence-corrected chi connectivity index (χ1v) is 4.98. The van der Waals surface area contributed by atoms with Crippen molar-refractivity contribution in [2.24, 2.45) is 0 Å². The van der Waals surface area contributed by atoms with Crippen LogP contribution < -0.4 is 0 Å². The SMILES string of the molecule is CC.CC.c1ccc2c[nH]cc2c1. The zero-order valence-electron chi connectivity index (χ0n) is 8.96. The number of benzene rings is 1. The predicted molar refractivity (Wildman–Crippen MR) is 61.0 cm³/mol. The lowest BCUT2D eigenvalue weighted by Crippen LogP contribution is -1.57. The molecular formula is C12H19N. The van der Waals surface area contributed by atoms with Crippen LogP contribution in [-0.4, -0.2) is 4.98 Å². The van der Waals surface area contributed by atoms with Gasteiger partial charge in [0.1, 0.15) is 0 Å². The van der Waals surface area contributed by atoms with Crippen LogP contribution in [0.15, 0.2) is 36.7 Å². The second kappa shape index (κ2) is 7.41. The summed E-state index contributed by atoms with van der Waals surface area (Å²) in [6, 6.07) is 8.25. The molecule has 0 radical (unpaired) electrons. The summed E-state index contributed by atoms with van der Waals surface area (Å²) in [6.07, 6.45) is 3.99. The Kier molecular flexibility index (Phi) is 6.70. The second-order valence-corrected chi connectivity index (χ2v) is 2.08. The first kappa shape index (κ1) is 11.8. The van der Waals surface area contributed by atoms with E-state index in [4.69, 9.17) is 0 Å². The highest BCUT2D eigenvalue weighted by atomic mass is 14.6. The number of hydrogen-bond acceptors (Lipinski definition) is 0. The van der Waals surface area contributed by atoms with E-state index in [1.807, 2.05) is 52.2 Å². The highest BCUT2D eigenvalue weighted by molar-refractivity contribution is 5.81. The first-order valence-electron chi connectivity index (χ1n) is 4.98. The summed E-state index contributed by atoms with van der Waals surface area (Å²) in [6.45, 7) is 8.00. The Morgan fingerprint density at radius 2 is 1.15 bits per heavy atom. The Bertz CT molecular complexity index is 279. The molecule has 0 bridgehead atoms. The van der Waals surface area contributed by atoms with Gasteiger partial charge >= 0.3 is 0 Å². The summed E-state index contributed by atoms with van der Waals surface area (Å²) >= 11 is 0. The molecule has 0 aliphatic carbocycles. The highest BCUT2D eigenvalue weighted by Crippen LogP contribution is 2.10. The van der Waals surface area contributed by atoms with Gasteiger partial charge in [0, 0.05) is 12.4 Å². The van der Waals surface area contributed by atoms with Crippen molar-refractivity contribution >= 4 is 10.8 Å². The zero-order chi connectivity index (χ0) is 10.1. The van der Waals surface area contributed by atoms with E-state index in [0.29, 0.717) is 0 Å². The minimum absolute atomic E-state index is 1.28. The fourth-order valence-corrected chi connectivity index (χ4v) is 0.995. The van der Waals surface area contributed by atoms with Gasteiger partial charge in [0.2, 0.25) is 0 Å². The topological polar surface area (TPSA) is 15.8 Å². The van der Waals surface area contributed by atoms with Crippen LogP contribution in [-0.2, 0) is 0 Å². The largest absolute Gasteiger partial charge is 0.366 e. The van der Waals surface area contributed by atoms with Crippen LogP contribution in [0, 0.1) is 0 Å². The molecule has 2 aromatic rings. The standard InChI is InChI=1S/C8H7N.2C2H6/c1-2-4-8-6-9-5-7(8)3-1;2*1-2/h1-6,9H;2*1-2H3. The maximum absolute atomic E-state index is 3.04. The Labute approximate surface area is 80.8 Å². The van der Waals surface area contributed by atoms with E-state index in [9.17, 15) is 0 Å². The molecule has 1 N–H and O–H groups in total. The smallest absolute Gasteiger partial charge is 0.00843 e. The lowest BCUT2D eigenvalue weighted by molar-refractivity contribution is 1.43. The molecule has 0 unspecified atom stereocenters. The Hall–Kier alpha value is -1.24. The molecule has 0 saturated heterocycles. The Balaban J connectivity index is 0.000000322. The molecule has 2 rings (SSSR count). The summed E-state index contributed by atoms with van der Waals surface area (Å²) in [7, 11) is 0. The number of aromatic nitrogens is 1. The maximum Gasteiger partial charge on any atom is 0.00843 e. The van der Waals surface area contributed by atoms with Gasteiger partial charge in [-0.15, -0.1) is 0 Å². The van der Waals surface area contributed by atoms with Crippen molar-refractivity contribution < 1.29 is 0 Å². The van der Waals surface area contributed by atoms with Crippen molar-refractivity contribution in [3.63, 3.8) is 0 Å². The van der Waals surface area contributed by atoms with Gasteiger partial charge in [-0.1, -0.05) is 52.0 Å². The van der Waals surface area contributed by atoms with Crippen LogP contribution >= 0.6 is 0 Å². The van der Waals surface area contributed by atoms with Crippen LogP contribution in [0.4, 0.5) is 0 Å². The van der Waals surface area contributed by atoms with E-state index < -0.39 is 0 Å². The minimum atomic E-state index is 1.28. The van der Waals surface area contributed by atoms with E-state index in [2.05, 4.69) is 17.1 Å². The third kappa shape index (κ3) is 3.32. The van der Waals surface area contributed by atoms with Gasteiger partial charge < -0.3 is 4.98 Å². The summed E-state index contributed by atoms with van der Waals surface area (Å²) in [4.78, 5) is 3.04. The quantitative estimate of drug-likeness (QED) is 0.620. The summed E-state index contributed by atoms with van der Waals surface area (Å²) in [5, 5.41) is 2.55. The molecule has 0 amide bonds. The molecule has 0 fully saturated rings. The molecule has 1 nitrogen and oxygen atoms in total. The average Bonchev–Trinajstić information content (AvgIpc) is 2.71. The van der Waals surface area contributed by atoms with Gasteiger partial charge in [0.15, 0.2) is 0 Å². The van der Waals surface area contributed by atoms with Gasteiger partial charge in [0.05, 0.1) is 0 Å². The third-order valence-corrected chi connectivity index (χ3v) is 1.47. The maximum atomic E-state index is 3.04. The number of hydrogen-bond donors (Lipinski definition) is 1. The molecule has 72 valence electrons. The lowest BCUT2D eigenvalue weighted by atomic mass is 10.2. The van der Waals surface area contributed by atoms with E-state index in [0.717, 1.165) is 0 Å². The zero-order valence-corrected chi connectivity index (χ0v) is 8.96. The van der Waals surface area contributed by atoms with Crippen LogP contribution in [0.5, 0.6) is 0 Å². The summed E-state index contributed by atoms with van der Waals surface area (Å²) in [5.74, 6) is 0. The molecule has 1 aromatic carbocycles. The number of rotatable bonds is 0. The van der Waals surface area contributed by atoms with Crippen LogP contribution in [0.25, 0.3) is 10.8 Å². The van der Waals surface area contributed by atoms with Crippen molar-refractivity contribution in [3.8, 4) is 0 Å². The fourth-order valence-electron chi connectivity index (χ4n) is 0.995. The summed E-state index contributed by atoms with van der Waals surface area (Å²) in [5.41, 5.74) is 0. The third-order valence-electron chi connectivity index (χ3n) is 1.47. The van der Waals surface area contributed by atoms with Crippen molar-refractivity contribution in [3.05, 3.63) is 36.7 Å². The second-order valence-electron chi connectivity index (χ2n) is 2.08. The Morgan fingerprint density at radius 1 is 0.769 bits per heavy atom. The van der Waals surface area contributed by atoms with Gasteiger partial charge in [0.25, 0.3) is 0 Å². The molecule has 0 spiro atoms. The van der Waals surface area contributed by atoms with Crippen molar-refractivity contribution in [1.82, 2.24) is 4.98 Å². The molecule has 1 heteroatoms. The monoisotopic (exact) mass is 177 g/mol. The average molecular weight is 177 g/mol. The molecule has 1 heterocycles. The molecule has 13 heavy (non-hydrogen) atoms. The van der Waals surface area contributed by atoms with Gasteiger partial charge in [-0.2, -0.15) is 0 Å².